The van der Waals surface area contributed by atoms with Crippen LogP contribution >= 0.6 is 0 Å². The van der Waals surface area contributed by atoms with Crippen molar-refractivity contribution in [3.05, 3.63) is 29.3 Å². The topological polar surface area (TPSA) is 66.8 Å². The lowest BCUT2D eigenvalue weighted by Crippen LogP contribution is -2.31. The van der Waals surface area contributed by atoms with Crippen LogP contribution in [-0.2, 0) is 0 Å². The van der Waals surface area contributed by atoms with E-state index in [1.165, 1.54) is 0 Å². The molecule has 2 rings (SSSR count). The minimum Gasteiger partial charge on any atom is -0.487 e. The third-order valence-electron chi connectivity index (χ3n) is 3.56. The predicted molar refractivity (Wildman–Crippen MR) is 71.6 cm³/mol. The van der Waals surface area contributed by atoms with E-state index in [2.05, 4.69) is 0 Å². The van der Waals surface area contributed by atoms with Crippen molar-refractivity contribution in [2.24, 2.45) is 0 Å². The molecule has 19 heavy (non-hydrogen) atoms. The highest BCUT2D eigenvalue weighted by atomic mass is 16.5. The standard InChI is InChI=1S/C15H20O4/c1-10-7-8-11(15(17)18)14(9-10)19-13-6-4-2-3-5-12(13)16/h7-9,12-13,16H,2-6H2,1H3,(H,17,18). The van der Waals surface area contributed by atoms with Gasteiger partial charge in [-0.3, -0.25) is 0 Å². The number of ether oxygens (including phenoxy) is 1. The Bertz CT molecular complexity index is 455. The van der Waals surface area contributed by atoms with Crippen molar-refractivity contribution in [2.45, 2.75) is 51.2 Å². The Morgan fingerprint density at radius 3 is 2.74 bits per heavy atom. The Morgan fingerprint density at radius 2 is 2.00 bits per heavy atom. The van der Waals surface area contributed by atoms with Crippen molar-refractivity contribution in [1.82, 2.24) is 0 Å². The number of carboxylic acids is 1. The lowest BCUT2D eigenvalue weighted by Gasteiger charge is -2.23. The van der Waals surface area contributed by atoms with E-state index in [9.17, 15) is 9.90 Å². The minimum atomic E-state index is -1.00. The van der Waals surface area contributed by atoms with Crippen LogP contribution in [0.25, 0.3) is 0 Å². The average molecular weight is 264 g/mol. The third-order valence-corrected chi connectivity index (χ3v) is 3.56. The molecule has 0 saturated heterocycles. The summed E-state index contributed by atoms with van der Waals surface area (Å²) >= 11 is 0. The molecule has 4 nitrogen and oxygen atoms in total. The number of aliphatic hydroxyl groups excluding tert-OH is 1. The molecular formula is C15H20O4. The fourth-order valence-electron chi connectivity index (χ4n) is 2.46. The molecule has 1 fully saturated rings. The van der Waals surface area contributed by atoms with E-state index in [1.54, 1.807) is 18.2 Å². The molecule has 0 aromatic heterocycles. The van der Waals surface area contributed by atoms with Crippen LogP contribution in [0.2, 0.25) is 0 Å². The number of aliphatic hydroxyl groups is 1. The zero-order valence-electron chi connectivity index (χ0n) is 11.1. The van der Waals surface area contributed by atoms with Gasteiger partial charge in [-0.15, -0.1) is 0 Å². The fraction of sp³-hybridized carbons (Fsp3) is 0.533. The monoisotopic (exact) mass is 264 g/mol. The summed E-state index contributed by atoms with van der Waals surface area (Å²) in [6.07, 6.45) is 3.78. The Kier molecular flexibility index (Phi) is 4.43. The Balaban J connectivity index is 2.21. The van der Waals surface area contributed by atoms with E-state index in [1.807, 2.05) is 6.92 Å². The van der Waals surface area contributed by atoms with Crippen molar-refractivity contribution in [3.8, 4) is 5.75 Å². The van der Waals surface area contributed by atoms with Gasteiger partial charge in [-0.25, -0.2) is 4.79 Å². The number of benzene rings is 1. The zero-order valence-corrected chi connectivity index (χ0v) is 11.1. The molecule has 2 atom stereocenters. The number of carboxylic acid groups (broad SMARTS) is 1. The first-order valence-corrected chi connectivity index (χ1v) is 6.76. The van der Waals surface area contributed by atoms with Crippen LogP contribution in [0.3, 0.4) is 0 Å². The third kappa shape index (κ3) is 3.47. The number of hydrogen-bond acceptors (Lipinski definition) is 3. The highest BCUT2D eigenvalue weighted by Crippen LogP contribution is 2.27. The van der Waals surface area contributed by atoms with Crippen molar-refractivity contribution in [1.29, 1.82) is 0 Å². The van der Waals surface area contributed by atoms with Gasteiger partial charge in [0.2, 0.25) is 0 Å². The van der Waals surface area contributed by atoms with Gasteiger partial charge in [-0.2, -0.15) is 0 Å². The summed E-state index contributed by atoms with van der Waals surface area (Å²) in [5, 5.41) is 19.2. The normalized spacial score (nSPS) is 23.7. The van der Waals surface area contributed by atoms with Crippen LogP contribution in [0.4, 0.5) is 0 Å². The molecule has 0 spiro atoms. The van der Waals surface area contributed by atoms with Crippen molar-refractivity contribution in [3.63, 3.8) is 0 Å². The molecule has 104 valence electrons. The van der Waals surface area contributed by atoms with E-state index in [-0.39, 0.29) is 11.7 Å². The minimum absolute atomic E-state index is 0.155. The van der Waals surface area contributed by atoms with Gasteiger partial charge >= 0.3 is 5.97 Å². The smallest absolute Gasteiger partial charge is 0.339 e. The van der Waals surface area contributed by atoms with Crippen LogP contribution in [-0.4, -0.2) is 28.4 Å². The van der Waals surface area contributed by atoms with Gasteiger partial charge in [0.05, 0.1) is 6.10 Å². The first-order chi connectivity index (χ1) is 9.08. The first-order valence-electron chi connectivity index (χ1n) is 6.76. The molecule has 0 radical (unpaired) electrons. The molecular weight excluding hydrogens is 244 g/mol. The molecule has 4 heteroatoms. The molecule has 0 aliphatic heterocycles. The summed E-state index contributed by atoms with van der Waals surface area (Å²) in [6.45, 7) is 1.89. The Hall–Kier alpha value is -1.55. The molecule has 0 bridgehead atoms. The quantitative estimate of drug-likeness (QED) is 0.824. The van der Waals surface area contributed by atoms with E-state index >= 15 is 0 Å². The summed E-state index contributed by atoms with van der Waals surface area (Å²) in [6, 6.07) is 5.02. The van der Waals surface area contributed by atoms with E-state index in [4.69, 9.17) is 9.84 Å². The van der Waals surface area contributed by atoms with E-state index in [0.29, 0.717) is 5.75 Å². The second-order valence-corrected chi connectivity index (χ2v) is 5.17. The van der Waals surface area contributed by atoms with Gasteiger partial charge in [0.15, 0.2) is 0 Å². The molecule has 1 aliphatic carbocycles. The molecule has 0 heterocycles. The average Bonchev–Trinajstić information content (AvgIpc) is 2.55. The highest BCUT2D eigenvalue weighted by Gasteiger charge is 2.25. The maximum atomic E-state index is 11.2. The number of rotatable bonds is 3. The van der Waals surface area contributed by atoms with Gasteiger partial charge in [0.1, 0.15) is 17.4 Å². The first kappa shape index (κ1) is 13.9. The second-order valence-electron chi connectivity index (χ2n) is 5.17. The molecule has 2 N–H and O–H groups in total. The lowest BCUT2D eigenvalue weighted by atomic mass is 10.1. The predicted octanol–water partition coefficient (Wildman–Crippen LogP) is 2.77. The van der Waals surface area contributed by atoms with Crippen LogP contribution in [0.5, 0.6) is 5.75 Å². The summed E-state index contributed by atoms with van der Waals surface area (Å²) < 4.78 is 5.79. The van der Waals surface area contributed by atoms with Crippen molar-refractivity contribution >= 4 is 5.97 Å². The van der Waals surface area contributed by atoms with Crippen molar-refractivity contribution in [2.75, 3.05) is 0 Å². The van der Waals surface area contributed by atoms with Crippen LogP contribution < -0.4 is 4.74 Å². The maximum absolute atomic E-state index is 11.2. The molecule has 1 aromatic rings. The van der Waals surface area contributed by atoms with Gasteiger partial charge in [-0.05, 0) is 43.9 Å². The van der Waals surface area contributed by atoms with Gasteiger partial charge in [0.25, 0.3) is 0 Å². The lowest BCUT2D eigenvalue weighted by molar-refractivity contribution is 0.0305. The van der Waals surface area contributed by atoms with Gasteiger partial charge in [-0.1, -0.05) is 18.9 Å². The Labute approximate surface area is 113 Å². The maximum Gasteiger partial charge on any atom is 0.339 e. The number of hydrogen-bond donors (Lipinski definition) is 2. The number of aryl methyl sites for hydroxylation is 1. The van der Waals surface area contributed by atoms with Crippen LogP contribution in [0.1, 0.15) is 48.0 Å². The van der Waals surface area contributed by atoms with Gasteiger partial charge in [0, 0.05) is 0 Å². The molecule has 1 aliphatic rings. The molecule has 2 unspecified atom stereocenters. The van der Waals surface area contributed by atoms with E-state index < -0.39 is 12.1 Å². The zero-order chi connectivity index (χ0) is 13.8. The fourth-order valence-corrected chi connectivity index (χ4v) is 2.46. The molecule has 1 saturated carbocycles. The summed E-state index contributed by atoms with van der Waals surface area (Å²) in [5.74, 6) is -0.642. The van der Waals surface area contributed by atoms with Crippen LogP contribution in [0, 0.1) is 6.92 Å². The van der Waals surface area contributed by atoms with Crippen LogP contribution in [0.15, 0.2) is 18.2 Å². The highest BCUT2D eigenvalue weighted by molar-refractivity contribution is 5.91. The second kappa shape index (κ2) is 6.06. The SMILES string of the molecule is Cc1ccc(C(=O)O)c(OC2CCCCCC2O)c1. The molecule has 0 amide bonds. The summed E-state index contributed by atoms with van der Waals surface area (Å²) in [4.78, 5) is 11.2. The summed E-state index contributed by atoms with van der Waals surface area (Å²) in [5.41, 5.74) is 1.10. The van der Waals surface area contributed by atoms with Crippen molar-refractivity contribution < 1.29 is 19.7 Å². The Morgan fingerprint density at radius 1 is 1.26 bits per heavy atom. The van der Waals surface area contributed by atoms with E-state index in [0.717, 1.165) is 37.7 Å². The van der Waals surface area contributed by atoms with Gasteiger partial charge < -0.3 is 14.9 Å². The number of carbonyl (C=O) groups is 1. The number of aromatic carboxylic acids is 1. The molecule has 1 aromatic carbocycles. The summed E-state index contributed by atoms with van der Waals surface area (Å²) in [7, 11) is 0. The largest absolute Gasteiger partial charge is 0.487 e.